The number of carbonyl (C=O) groups excluding carboxylic acids is 1. The van der Waals surface area contributed by atoms with Crippen LogP contribution in [0.25, 0.3) is 22.3 Å². The van der Waals surface area contributed by atoms with Crippen molar-refractivity contribution < 1.29 is 9.53 Å². The summed E-state index contributed by atoms with van der Waals surface area (Å²) in [6.45, 7) is 1.31. The number of rotatable bonds is 4. The van der Waals surface area contributed by atoms with Gasteiger partial charge in [0.2, 0.25) is 0 Å². The van der Waals surface area contributed by atoms with Gasteiger partial charge in [-0.3, -0.25) is 9.36 Å². The van der Waals surface area contributed by atoms with Crippen LogP contribution in [0.5, 0.6) is 5.75 Å². The minimum Gasteiger partial charge on any atom is -0.491 e. The number of carbonyl (C=O) groups is 1. The normalized spacial score (nSPS) is 12.7. The lowest BCUT2D eigenvalue weighted by atomic mass is 10.1. The van der Waals surface area contributed by atoms with Crippen LogP contribution in [-0.4, -0.2) is 47.6 Å². The third-order valence-electron chi connectivity index (χ3n) is 4.05. The van der Waals surface area contributed by atoms with Crippen LogP contribution < -0.4 is 4.74 Å². The maximum Gasteiger partial charge on any atom is 0.268 e. The maximum atomic E-state index is 12.7. The third-order valence-corrected chi connectivity index (χ3v) is 4.05. The highest BCUT2D eigenvalue weighted by atomic mass is 16.5. The summed E-state index contributed by atoms with van der Waals surface area (Å²) in [5, 5.41) is 0.879. The van der Waals surface area contributed by atoms with Gasteiger partial charge in [-0.15, -0.1) is 0 Å². The van der Waals surface area contributed by atoms with Crippen molar-refractivity contribution >= 4 is 16.8 Å². The number of fused-ring (bicyclic) bond motifs is 4. The van der Waals surface area contributed by atoms with Gasteiger partial charge in [0, 0.05) is 18.1 Å². The first-order valence-electron chi connectivity index (χ1n) is 7.59. The van der Waals surface area contributed by atoms with E-state index in [1.54, 1.807) is 10.8 Å². The summed E-state index contributed by atoms with van der Waals surface area (Å²) in [4.78, 5) is 19.5. The van der Waals surface area contributed by atoms with Crippen LogP contribution in [0.2, 0.25) is 0 Å². The molecule has 5 nitrogen and oxygen atoms in total. The predicted molar refractivity (Wildman–Crippen MR) is 88.9 cm³/mol. The molecule has 0 unspecified atom stereocenters. The van der Waals surface area contributed by atoms with Gasteiger partial charge in [-0.25, -0.2) is 4.98 Å². The fraction of sp³-hybridized carbons (Fsp3) is 0.222. The Kier molecular flexibility index (Phi) is 3.16. The Morgan fingerprint density at radius 3 is 2.83 bits per heavy atom. The highest BCUT2D eigenvalue weighted by Gasteiger charge is 2.32. The van der Waals surface area contributed by atoms with Gasteiger partial charge in [-0.05, 0) is 38.4 Å². The van der Waals surface area contributed by atoms with Crippen LogP contribution in [0.3, 0.4) is 0 Å². The summed E-state index contributed by atoms with van der Waals surface area (Å²) in [7, 11) is 3.99. The van der Waals surface area contributed by atoms with E-state index in [1.165, 1.54) is 0 Å². The number of benzene rings is 1. The molecule has 3 aromatic rings. The molecule has 23 heavy (non-hydrogen) atoms. The van der Waals surface area contributed by atoms with E-state index in [4.69, 9.17) is 9.72 Å². The average Bonchev–Trinajstić information content (AvgIpc) is 3.11. The van der Waals surface area contributed by atoms with Gasteiger partial charge in [0.15, 0.2) is 0 Å². The molecule has 1 aliphatic rings. The number of aromatic nitrogens is 2. The Morgan fingerprint density at radius 2 is 2.00 bits per heavy atom. The van der Waals surface area contributed by atoms with E-state index >= 15 is 0 Å². The highest BCUT2D eigenvalue weighted by Crippen LogP contribution is 2.40. The van der Waals surface area contributed by atoms with Gasteiger partial charge < -0.3 is 9.64 Å². The second-order valence-corrected chi connectivity index (χ2v) is 5.90. The fourth-order valence-corrected chi connectivity index (χ4v) is 2.92. The number of nitrogens with zero attached hydrogens (tertiary/aromatic N) is 3. The van der Waals surface area contributed by atoms with Crippen molar-refractivity contribution in [3.05, 3.63) is 48.2 Å². The summed E-state index contributed by atoms with van der Waals surface area (Å²) >= 11 is 0. The molecule has 0 N–H and O–H groups in total. The van der Waals surface area contributed by atoms with E-state index in [1.807, 2.05) is 50.5 Å². The van der Waals surface area contributed by atoms with E-state index in [0.29, 0.717) is 23.6 Å². The third kappa shape index (κ3) is 2.12. The van der Waals surface area contributed by atoms with Gasteiger partial charge in [0.25, 0.3) is 5.91 Å². The number of hydrogen-bond acceptors (Lipinski definition) is 4. The lowest BCUT2D eigenvalue weighted by Gasteiger charge is -2.15. The van der Waals surface area contributed by atoms with Crippen molar-refractivity contribution in [2.45, 2.75) is 0 Å². The smallest absolute Gasteiger partial charge is 0.268 e. The monoisotopic (exact) mass is 307 g/mol. The molecule has 3 heterocycles. The van der Waals surface area contributed by atoms with E-state index in [0.717, 1.165) is 23.1 Å². The molecule has 0 saturated heterocycles. The molecule has 2 aromatic heterocycles. The average molecular weight is 307 g/mol. The first-order valence-corrected chi connectivity index (χ1v) is 7.59. The van der Waals surface area contributed by atoms with Crippen molar-refractivity contribution in [2.24, 2.45) is 0 Å². The molecule has 0 fully saturated rings. The first-order chi connectivity index (χ1) is 11.2. The number of para-hydroxylation sites is 1. The van der Waals surface area contributed by atoms with Crippen molar-refractivity contribution in [1.29, 1.82) is 0 Å². The molecule has 1 aromatic carbocycles. The Morgan fingerprint density at radius 1 is 1.17 bits per heavy atom. The lowest BCUT2D eigenvalue weighted by molar-refractivity contribution is 0.0965. The standard InChI is InChI=1S/C18H17N3O2/c1-20(2)10-11-23-17-12-6-3-4-7-13(12)19-16-14-8-5-9-21(14)18(22)15(16)17/h3-9H,10-11H2,1-2H3. The molecule has 5 heteroatoms. The van der Waals surface area contributed by atoms with Crippen molar-refractivity contribution in [1.82, 2.24) is 14.5 Å². The molecule has 0 bridgehead atoms. The van der Waals surface area contributed by atoms with Crippen LogP contribution in [0.1, 0.15) is 10.4 Å². The zero-order valence-corrected chi connectivity index (χ0v) is 13.1. The SMILES string of the molecule is CN(C)CCOc1c2c(nc3ccccc13)-c1cccn1C2=O. The van der Waals surface area contributed by atoms with Crippen molar-refractivity contribution in [3.63, 3.8) is 0 Å². The van der Waals surface area contributed by atoms with Crippen LogP contribution >= 0.6 is 0 Å². The highest BCUT2D eigenvalue weighted by molar-refractivity contribution is 6.13. The predicted octanol–water partition coefficient (Wildman–Crippen LogP) is 2.65. The van der Waals surface area contributed by atoms with Crippen LogP contribution in [0, 0.1) is 0 Å². The van der Waals surface area contributed by atoms with Gasteiger partial charge in [0.1, 0.15) is 23.6 Å². The molecule has 4 rings (SSSR count). The zero-order chi connectivity index (χ0) is 16.0. The van der Waals surface area contributed by atoms with E-state index < -0.39 is 0 Å². The Bertz CT molecular complexity index is 912. The van der Waals surface area contributed by atoms with Gasteiger partial charge in [-0.1, -0.05) is 12.1 Å². The number of pyridine rings is 1. The van der Waals surface area contributed by atoms with Gasteiger partial charge >= 0.3 is 0 Å². The minimum atomic E-state index is -0.0712. The van der Waals surface area contributed by atoms with Crippen LogP contribution in [-0.2, 0) is 0 Å². The van der Waals surface area contributed by atoms with Crippen molar-refractivity contribution in [2.75, 3.05) is 27.2 Å². The summed E-state index contributed by atoms with van der Waals surface area (Å²) in [5.74, 6) is 0.569. The Labute approximate surface area is 134 Å². The molecular weight excluding hydrogens is 290 g/mol. The largest absolute Gasteiger partial charge is 0.491 e. The molecule has 0 radical (unpaired) electrons. The lowest BCUT2D eigenvalue weighted by Crippen LogP contribution is -2.20. The quantitative estimate of drug-likeness (QED) is 0.581. The molecule has 0 aliphatic carbocycles. The first kappa shape index (κ1) is 14.0. The maximum absolute atomic E-state index is 12.7. The Balaban J connectivity index is 1.90. The number of likely N-dealkylation sites (N-methyl/N-ethyl adjacent to an activating group) is 1. The van der Waals surface area contributed by atoms with Gasteiger partial charge in [-0.2, -0.15) is 0 Å². The fourth-order valence-electron chi connectivity index (χ4n) is 2.92. The number of hydrogen-bond donors (Lipinski definition) is 0. The summed E-state index contributed by atoms with van der Waals surface area (Å²) in [6, 6.07) is 11.6. The van der Waals surface area contributed by atoms with Crippen LogP contribution in [0.15, 0.2) is 42.6 Å². The van der Waals surface area contributed by atoms with Crippen molar-refractivity contribution in [3.8, 4) is 17.1 Å². The number of ether oxygens (including phenoxy) is 1. The van der Waals surface area contributed by atoms with E-state index in [-0.39, 0.29) is 5.91 Å². The zero-order valence-electron chi connectivity index (χ0n) is 13.1. The second kappa shape index (κ2) is 5.21. The molecule has 0 atom stereocenters. The minimum absolute atomic E-state index is 0.0712. The molecule has 0 saturated carbocycles. The summed E-state index contributed by atoms with van der Waals surface area (Å²) in [6.07, 6.45) is 1.77. The summed E-state index contributed by atoms with van der Waals surface area (Å²) in [5.41, 5.74) is 2.94. The topological polar surface area (TPSA) is 47.4 Å². The van der Waals surface area contributed by atoms with E-state index in [2.05, 4.69) is 4.90 Å². The molecule has 0 amide bonds. The molecule has 116 valence electrons. The molecular formula is C18H17N3O2. The summed E-state index contributed by atoms with van der Waals surface area (Å²) < 4.78 is 7.66. The second-order valence-electron chi connectivity index (χ2n) is 5.90. The molecule has 1 aliphatic heterocycles. The Hall–Kier alpha value is -2.66. The molecule has 0 spiro atoms. The van der Waals surface area contributed by atoms with Gasteiger partial charge in [0.05, 0.1) is 11.2 Å². The van der Waals surface area contributed by atoms with Crippen LogP contribution in [0.4, 0.5) is 0 Å². The van der Waals surface area contributed by atoms with E-state index in [9.17, 15) is 4.79 Å².